The maximum atomic E-state index is 14.3. The molecule has 0 saturated heterocycles. The van der Waals surface area contributed by atoms with Gasteiger partial charge in [-0.15, -0.1) is 0 Å². The summed E-state index contributed by atoms with van der Waals surface area (Å²) in [5.74, 6) is 5.04. The van der Waals surface area contributed by atoms with Gasteiger partial charge in [-0.1, -0.05) is 55.9 Å². The monoisotopic (exact) mass is 417 g/mol. The van der Waals surface area contributed by atoms with Crippen LogP contribution in [0.2, 0.25) is 0 Å². The van der Waals surface area contributed by atoms with Crippen molar-refractivity contribution in [3.05, 3.63) is 89.0 Å². The van der Waals surface area contributed by atoms with Crippen LogP contribution in [0.1, 0.15) is 42.9 Å². The van der Waals surface area contributed by atoms with Crippen LogP contribution in [0.15, 0.2) is 65.7 Å². The standard InChI is InChI=1S/C26H21F2NS/c1-2-3-4-5-19-6-8-20(9-7-19)10-11-21-12-14-22(15-13-21)23-16-25(28)26(29-18-30)17-24(23)27/h6-9,12-17H,2-5H2,1H3. The van der Waals surface area contributed by atoms with Crippen LogP contribution >= 0.6 is 12.2 Å². The van der Waals surface area contributed by atoms with Crippen LogP contribution in [0.4, 0.5) is 14.5 Å². The number of isothiocyanates is 1. The molecule has 0 aromatic heterocycles. The minimum absolute atomic E-state index is 0.161. The highest BCUT2D eigenvalue weighted by atomic mass is 32.1. The third-order valence-electron chi connectivity index (χ3n) is 4.77. The third-order valence-corrected chi connectivity index (χ3v) is 4.86. The summed E-state index contributed by atoms with van der Waals surface area (Å²) < 4.78 is 28.4. The Balaban J connectivity index is 1.73. The van der Waals surface area contributed by atoms with E-state index in [2.05, 4.69) is 48.1 Å². The van der Waals surface area contributed by atoms with Crippen molar-refractivity contribution in [2.45, 2.75) is 32.6 Å². The number of aryl methyl sites for hydroxylation is 1. The Kier molecular flexibility index (Phi) is 7.63. The first kappa shape index (κ1) is 21.6. The summed E-state index contributed by atoms with van der Waals surface area (Å²) >= 11 is 4.45. The number of rotatable bonds is 6. The molecule has 0 radical (unpaired) electrons. The Morgan fingerprint density at radius 3 is 2.07 bits per heavy atom. The Morgan fingerprint density at radius 2 is 1.47 bits per heavy atom. The number of halogens is 2. The van der Waals surface area contributed by atoms with Gasteiger partial charge >= 0.3 is 0 Å². The fourth-order valence-corrected chi connectivity index (χ4v) is 3.20. The fraction of sp³-hybridized carbons (Fsp3) is 0.192. The van der Waals surface area contributed by atoms with E-state index >= 15 is 0 Å². The number of thiocarbonyl (C=S) groups is 1. The summed E-state index contributed by atoms with van der Waals surface area (Å²) in [5.41, 5.74) is 3.63. The zero-order chi connectivity index (χ0) is 21.3. The molecule has 0 bridgehead atoms. The van der Waals surface area contributed by atoms with E-state index in [9.17, 15) is 8.78 Å². The van der Waals surface area contributed by atoms with Gasteiger partial charge in [-0.05, 0) is 66.5 Å². The molecule has 0 aliphatic carbocycles. The number of hydrogen-bond donors (Lipinski definition) is 0. The van der Waals surface area contributed by atoms with Gasteiger partial charge < -0.3 is 0 Å². The van der Waals surface area contributed by atoms with Gasteiger partial charge in [0.15, 0.2) is 0 Å². The molecule has 0 aliphatic heterocycles. The van der Waals surface area contributed by atoms with Gasteiger partial charge in [0.25, 0.3) is 0 Å². The Hall–Kier alpha value is -3.12. The van der Waals surface area contributed by atoms with Crippen LogP contribution in [0.3, 0.4) is 0 Å². The molecule has 0 fully saturated rings. The molecule has 3 rings (SSSR count). The quantitative estimate of drug-likeness (QED) is 0.175. The average molecular weight is 418 g/mol. The molecule has 0 N–H and O–H groups in total. The highest BCUT2D eigenvalue weighted by Gasteiger charge is 2.11. The SMILES string of the molecule is CCCCCc1ccc(C#Cc2ccc(-c3cc(F)c(N=C=S)cc3F)cc2)cc1. The summed E-state index contributed by atoms with van der Waals surface area (Å²) in [6.07, 6.45) is 4.77. The van der Waals surface area contributed by atoms with Crippen LogP contribution in [0.5, 0.6) is 0 Å². The van der Waals surface area contributed by atoms with Gasteiger partial charge in [0.1, 0.15) is 17.3 Å². The molecule has 0 aliphatic rings. The predicted octanol–water partition coefficient (Wildman–Crippen LogP) is 7.50. The first-order valence-corrected chi connectivity index (χ1v) is 10.3. The van der Waals surface area contributed by atoms with Crippen molar-refractivity contribution in [3.63, 3.8) is 0 Å². The topological polar surface area (TPSA) is 12.4 Å². The van der Waals surface area contributed by atoms with E-state index in [1.165, 1.54) is 24.8 Å². The van der Waals surface area contributed by atoms with Gasteiger partial charge in [0.2, 0.25) is 0 Å². The summed E-state index contributed by atoms with van der Waals surface area (Å²) in [6.45, 7) is 2.20. The lowest BCUT2D eigenvalue weighted by Crippen LogP contribution is -1.88. The number of aliphatic imine (C=N–C) groups is 1. The van der Waals surface area contributed by atoms with E-state index in [0.717, 1.165) is 29.7 Å². The van der Waals surface area contributed by atoms with Crippen molar-refractivity contribution in [1.29, 1.82) is 0 Å². The lowest BCUT2D eigenvalue weighted by Gasteiger charge is -2.05. The van der Waals surface area contributed by atoms with E-state index in [1.807, 2.05) is 17.3 Å². The maximum absolute atomic E-state index is 14.3. The zero-order valence-electron chi connectivity index (χ0n) is 16.7. The fourth-order valence-electron chi connectivity index (χ4n) is 3.10. The molecule has 0 spiro atoms. The van der Waals surface area contributed by atoms with Crippen molar-refractivity contribution >= 4 is 23.1 Å². The summed E-state index contributed by atoms with van der Waals surface area (Å²) in [5, 5.41) is 2.05. The number of nitrogens with zero attached hydrogens (tertiary/aromatic N) is 1. The van der Waals surface area contributed by atoms with Gasteiger partial charge in [0.05, 0.1) is 5.16 Å². The summed E-state index contributed by atoms with van der Waals surface area (Å²) in [7, 11) is 0. The largest absolute Gasteiger partial charge is 0.206 e. The van der Waals surface area contributed by atoms with E-state index in [-0.39, 0.29) is 11.3 Å². The van der Waals surface area contributed by atoms with Crippen molar-refractivity contribution in [2.75, 3.05) is 0 Å². The van der Waals surface area contributed by atoms with E-state index < -0.39 is 11.6 Å². The van der Waals surface area contributed by atoms with Gasteiger partial charge in [0, 0.05) is 22.8 Å². The maximum Gasteiger partial charge on any atom is 0.150 e. The van der Waals surface area contributed by atoms with Crippen molar-refractivity contribution < 1.29 is 8.78 Å². The van der Waals surface area contributed by atoms with E-state index in [0.29, 0.717) is 5.56 Å². The summed E-state index contributed by atoms with van der Waals surface area (Å²) in [6, 6.07) is 17.5. The molecule has 0 heterocycles. The first-order valence-electron chi connectivity index (χ1n) is 9.89. The van der Waals surface area contributed by atoms with Crippen LogP contribution in [0, 0.1) is 23.5 Å². The Morgan fingerprint density at radius 1 is 0.833 bits per heavy atom. The van der Waals surface area contributed by atoms with Gasteiger partial charge in [-0.25, -0.2) is 8.78 Å². The molecule has 0 atom stereocenters. The molecule has 0 saturated carbocycles. The number of hydrogen-bond acceptors (Lipinski definition) is 2. The van der Waals surface area contributed by atoms with Gasteiger partial charge in [-0.3, -0.25) is 0 Å². The second-order valence-electron chi connectivity index (χ2n) is 6.97. The van der Waals surface area contributed by atoms with Crippen molar-refractivity contribution in [1.82, 2.24) is 0 Å². The molecule has 150 valence electrons. The molecular weight excluding hydrogens is 396 g/mol. The molecule has 0 unspecified atom stereocenters. The highest BCUT2D eigenvalue weighted by molar-refractivity contribution is 7.78. The smallest absolute Gasteiger partial charge is 0.150 e. The lowest BCUT2D eigenvalue weighted by atomic mass is 10.0. The minimum Gasteiger partial charge on any atom is -0.206 e. The van der Waals surface area contributed by atoms with Crippen LogP contribution < -0.4 is 0 Å². The second kappa shape index (κ2) is 10.6. The van der Waals surface area contributed by atoms with Crippen LogP contribution in [-0.2, 0) is 6.42 Å². The third kappa shape index (κ3) is 5.70. The molecule has 3 aromatic rings. The van der Waals surface area contributed by atoms with Crippen LogP contribution in [0.25, 0.3) is 11.1 Å². The summed E-state index contributed by atoms with van der Waals surface area (Å²) in [4.78, 5) is 3.52. The van der Waals surface area contributed by atoms with Crippen molar-refractivity contribution in [2.24, 2.45) is 4.99 Å². The van der Waals surface area contributed by atoms with Crippen molar-refractivity contribution in [3.8, 4) is 23.0 Å². The van der Waals surface area contributed by atoms with Crippen LogP contribution in [-0.4, -0.2) is 5.16 Å². The predicted molar refractivity (Wildman–Crippen MR) is 122 cm³/mol. The first-order chi connectivity index (χ1) is 14.6. The molecule has 1 nitrogen and oxygen atoms in total. The van der Waals surface area contributed by atoms with E-state index in [1.54, 1.807) is 24.3 Å². The number of unbranched alkanes of at least 4 members (excludes halogenated alkanes) is 2. The molecule has 3 aromatic carbocycles. The average Bonchev–Trinajstić information content (AvgIpc) is 2.76. The highest BCUT2D eigenvalue weighted by Crippen LogP contribution is 2.29. The normalized spacial score (nSPS) is 10.1. The molecular formula is C26H21F2NS. The van der Waals surface area contributed by atoms with Gasteiger partial charge in [-0.2, -0.15) is 4.99 Å². The van der Waals surface area contributed by atoms with E-state index in [4.69, 9.17) is 0 Å². The minimum atomic E-state index is -0.647. The second-order valence-corrected chi connectivity index (χ2v) is 7.15. The number of benzene rings is 3. The molecule has 30 heavy (non-hydrogen) atoms. The Bertz CT molecular complexity index is 1120. The molecule has 0 amide bonds. The zero-order valence-corrected chi connectivity index (χ0v) is 17.5. The lowest BCUT2D eigenvalue weighted by molar-refractivity contribution is 0.605. The Labute approximate surface area is 181 Å². The molecule has 4 heteroatoms.